The number of nitrogens with one attached hydrogen (secondary N) is 2. The first kappa shape index (κ1) is 22.4. The number of nitrogens with zero attached hydrogens (tertiary/aromatic N) is 2. The molecule has 0 unspecified atom stereocenters. The molecule has 8 heteroatoms. The molecule has 33 heavy (non-hydrogen) atoms. The number of pyridine rings is 1. The second kappa shape index (κ2) is 9.79. The fourth-order valence-electron chi connectivity index (χ4n) is 3.15. The van der Waals surface area contributed by atoms with Crippen molar-refractivity contribution < 1.29 is 13.9 Å². The van der Waals surface area contributed by atoms with Gasteiger partial charge >= 0.3 is 0 Å². The van der Waals surface area contributed by atoms with Crippen LogP contribution in [0.1, 0.15) is 29.8 Å². The van der Waals surface area contributed by atoms with E-state index in [1.54, 1.807) is 30.5 Å². The maximum absolute atomic E-state index is 12.6. The fourth-order valence-corrected chi connectivity index (χ4v) is 3.35. The van der Waals surface area contributed by atoms with E-state index in [1.807, 2.05) is 37.3 Å². The van der Waals surface area contributed by atoms with Gasteiger partial charge in [-0.15, -0.1) is 0 Å². The van der Waals surface area contributed by atoms with E-state index < -0.39 is 0 Å². The van der Waals surface area contributed by atoms with E-state index in [0.29, 0.717) is 41.0 Å². The van der Waals surface area contributed by atoms with Crippen molar-refractivity contribution in [3.63, 3.8) is 0 Å². The fraction of sp³-hybridized carbons (Fsp3) is 0.200. The van der Waals surface area contributed by atoms with Crippen molar-refractivity contribution in [3.8, 4) is 17.2 Å². The molecule has 1 amide bonds. The first-order valence-electron chi connectivity index (χ1n) is 10.6. The summed E-state index contributed by atoms with van der Waals surface area (Å²) in [6.07, 6.45) is 1.68. The standard InChI is InChI=1S/C25H24N4O3S/c1-15(2)14-31-19-7-4-6-17(13-19)23(30)29-25(33)27-20-10-9-18(12-16(20)3)24-28-22-21(32-24)8-5-11-26-22/h4-13,15H,14H2,1-3H3,(H2,27,29,30,33). The van der Waals surface area contributed by atoms with Crippen LogP contribution >= 0.6 is 12.2 Å². The zero-order valence-corrected chi connectivity index (χ0v) is 19.4. The number of ether oxygens (including phenoxy) is 1. The van der Waals surface area contributed by atoms with Gasteiger partial charge in [-0.05, 0) is 79.2 Å². The number of hydrogen-bond acceptors (Lipinski definition) is 6. The first-order valence-corrected chi connectivity index (χ1v) is 11.0. The van der Waals surface area contributed by atoms with Crippen molar-refractivity contribution in [2.45, 2.75) is 20.8 Å². The topological polar surface area (TPSA) is 89.3 Å². The van der Waals surface area contributed by atoms with Crippen LogP contribution < -0.4 is 15.4 Å². The van der Waals surface area contributed by atoms with E-state index in [-0.39, 0.29) is 11.0 Å². The van der Waals surface area contributed by atoms with Crippen LogP contribution in [0.2, 0.25) is 0 Å². The average Bonchev–Trinajstić information content (AvgIpc) is 3.23. The van der Waals surface area contributed by atoms with Crippen molar-refractivity contribution in [2.24, 2.45) is 5.92 Å². The lowest BCUT2D eigenvalue weighted by atomic mass is 10.1. The Hall–Kier alpha value is -3.78. The number of aryl methyl sites for hydroxylation is 1. The number of aromatic nitrogens is 2. The molecule has 2 aromatic carbocycles. The molecule has 4 aromatic rings. The second-order valence-electron chi connectivity index (χ2n) is 8.01. The molecule has 0 aliphatic heterocycles. The Morgan fingerprint density at radius 2 is 2.00 bits per heavy atom. The lowest BCUT2D eigenvalue weighted by Gasteiger charge is -2.13. The Labute approximate surface area is 197 Å². The normalized spacial score (nSPS) is 10.9. The van der Waals surface area contributed by atoms with Gasteiger partial charge in [0.15, 0.2) is 16.3 Å². The van der Waals surface area contributed by atoms with Crippen LogP contribution in [0.25, 0.3) is 22.7 Å². The van der Waals surface area contributed by atoms with Gasteiger partial charge in [0.1, 0.15) is 5.75 Å². The van der Waals surface area contributed by atoms with Crippen molar-refractivity contribution >= 4 is 40.2 Å². The molecule has 0 aliphatic carbocycles. The van der Waals surface area contributed by atoms with Crippen LogP contribution in [-0.2, 0) is 0 Å². The van der Waals surface area contributed by atoms with Crippen molar-refractivity contribution in [1.82, 2.24) is 15.3 Å². The molecule has 2 N–H and O–H groups in total. The number of benzene rings is 2. The predicted octanol–water partition coefficient (Wildman–Crippen LogP) is 5.36. The molecule has 0 saturated carbocycles. The Morgan fingerprint density at radius 3 is 2.76 bits per heavy atom. The minimum absolute atomic E-state index is 0.204. The molecule has 0 aliphatic rings. The largest absolute Gasteiger partial charge is 0.493 e. The predicted molar refractivity (Wildman–Crippen MR) is 132 cm³/mol. The lowest BCUT2D eigenvalue weighted by Crippen LogP contribution is -2.34. The van der Waals surface area contributed by atoms with E-state index in [4.69, 9.17) is 21.4 Å². The number of hydrogen-bond donors (Lipinski definition) is 2. The first-order chi connectivity index (χ1) is 15.9. The molecule has 0 bridgehead atoms. The van der Waals surface area contributed by atoms with Gasteiger partial charge in [-0.25, -0.2) is 4.98 Å². The van der Waals surface area contributed by atoms with Gasteiger partial charge in [-0.3, -0.25) is 10.1 Å². The van der Waals surface area contributed by atoms with Crippen LogP contribution in [-0.4, -0.2) is 27.6 Å². The third-order valence-electron chi connectivity index (χ3n) is 4.79. The van der Waals surface area contributed by atoms with Gasteiger partial charge in [0.25, 0.3) is 5.91 Å². The van der Waals surface area contributed by atoms with Gasteiger partial charge in [0.2, 0.25) is 5.89 Å². The molecule has 0 spiro atoms. The van der Waals surface area contributed by atoms with E-state index in [1.165, 1.54) is 0 Å². The van der Waals surface area contributed by atoms with Gasteiger partial charge in [-0.1, -0.05) is 19.9 Å². The molecule has 4 rings (SSSR count). The monoisotopic (exact) mass is 460 g/mol. The third kappa shape index (κ3) is 5.53. The number of oxazole rings is 1. The maximum atomic E-state index is 12.6. The summed E-state index contributed by atoms with van der Waals surface area (Å²) < 4.78 is 11.5. The Morgan fingerprint density at radius 1 is 1.15 bits per heavy atom. The number of carbonyl (C=O) groups excluding carboxylic acids is 1. The minimum atomic E-state index is -0.309. The molecule has 2 heterocycles. The van der Waals surface area contributed by atoms with Crippen molar-refractivity contribution in [1.29, 1.82) is 0 Å². The molecular formula is C25H24N4O3S. The number of thiocarbonyl (C=S) groups is 1. The summed E-state index contributed by atoms with van der Waals surface area (Å²) in [6, 6.07) is 16.3. The van der Waals surface area contributed by atoms with Gasteiger partial charge in [-0.2, -0.15) is 4.98 Å². The second-order valence-corrected chi connectivity index (χ2v) is 8.42. The molecule has 2 aromatic heterocycles. The Bertz CT molecular complexity index is 1280. The summed E-state index contributed by atoms with van der Waals surface area (Å²) in [5, 5.41) is 5.99. The highest BCUT2D eigenvalue weighted by Crippen LogP contribution is 2.26. The summed E-state index contributed by atoms with van der Waals surface area (Å²) in [4.78, 5) is 21.3. The molecule has 0 saturated heterocycles. The SMILES string of the molecule is Cc1cc(-c2nc3ncccc3o2)ccc1NC(=S)NC(=O)c1cccc(OCC(C)C)c1. The molecule has 0 radical (unpaired) electrons. The summed E-state index contributed by atoms with van der Waals surface area (Å²) in [7, 11) is 0. The minimum Gasteiger partial charge on any atom is -0.493 e. The Kier molecular flexibility index (Phi) is 6.65. The van der Waals surface area contributed by atoms with E-state index >= 15 is 0 Å². The van der Waals surface area contributed by atoms with E-state index in [2.05, 4.69) is 34.4 Å². The van der Waals surface area contributed by atoms with Crippen LogP contribution in [0.5, 0.6) is 5.75 Å². The van der Waals surface area contributed by atoms with Crippen LogP contribution in [0.15, 0.2) is 65.2 Å². The van der Waals surface area contributed by atoms with Crippen molar-refractivity contribution in [3.05, 3.63) is 71.9 Å². The highest BCUT2D eigenvalue weighted by molar-refractivity contribution is 7.80. The third-order valence-corrected chi connectivity index (χ3v) is 5.00. The summed E-state index contributed by atoms with van der Waals surface area (Å²) >= 11 is 5.35. The summed E-state index contributed by atoms with van der Waals surface area (Å²) in [5.41, 5.74) is 4.18. The number of rotatable bonds is 6. The highest BCUT2D eigenvalue weighted by Gasteiger charge is 2.13. The van der Waals surface area contributed by atoms with Gasteiger partial charge in [0, 0.05) is 23.0 Å². The number of carbonyl (C=O) groups is 1. The van der Waals surface area contributed by atoms with Crippen LogP contribution in [0.4, 0.5) is 5.69 Å². The highest BCUT2D eigenvalue weighted by atomic mass is 32.1. The maximum Gasteiger partial charge on any atom is 0.257 e. The number of fused-ring (bicyclic) bond motifs is 1. The average molecular weight is 461 g/mol. The zero-order chi connectivity index (χ0) is 23.4. The summed E-state index contributed by atoms with van der Waals surface area (Å²) in [6.45, 7) is 6.66. The van der Waals surface area contributed by atoms with Crippen LogP contribution in [0, 0.1) is 12.8 Å². The quantitative estimate of drug-likeness (QED) is 0.374. The van der Waals surface area contributed by atoms with Gasteiger partial charge in [0.05, 0.1) is 6.61 Å². The van der Waals surface area contributed by atoms with E-state index in [0.717, 1.165) is 16.8 Å². The molecule has 168 valence electrons. The summed E-state index contributed by atoms with van der Waals surface area (Å²) in [5.74, 6) is 1.23. The smallest absolute Gasteiger partial charge is 0.257 e. The van der Waals surface area contributed by atoms with Crippen molar-refractivity contribution in [2.75, 3.05) is 11.9 Å². The molecule has 0 fully saturated rings. The van der Waals surface area contributed by atoms with E-state index in [9.17, 15) is 4.79 Å². The van der Waals surface area contributed by atoms with Crippen LogP contribution in [0.3, 0.4) is 0 Å². The molecule has 0 atom stereocenters. The molecular weight excluding hydrogens is 436 g/mol. The lowest BCUT2D eigenvalue weighted by molar-refractivity contribution is 0.0977. The molecule has 7 nitrogen and oxygen atoms in total. The van der Waals surface area contributed by atoms with Gasteiger partial charge < -0.3 is 14.5 Å². The number of anilines is 1. The zero-order valence-electron chi connectivity index (χ0n) is 18.6. The Balaban J connectivity index is 1.41. The number of amides is 1.